The SMILES string of the molecule is Cc1ccc2c(c1C(O)C(O)CNC(=O)OC(C)(C)C)C(=O)C(=O)N2. The predicted octanol–water partition coefficient (Wildman–Crippen LogP) is 1.05. The second-order valence-corrected chi connectivity index (χ2v) is 6.90. The van der Waals surface area contributed by atoms with Gasteiger partial charge in [0.2, 0.25) is 0 Å². The summed E-state index contributed by atoms with van der Waals surface area (Å²) < 4.78 is 5.05. The molecule has 0 saturated carbocycles. The molecular formula is C17H22N2O6. The highest BCUT2D eigenvalue weighted by Gasteiger charge is 2.35. The summed E-state index contributed by atoms with van der Waals surface area (Å²) in [5.41, 5.74) is 0.366. The summed E-state index contributed by atoms with van der Waals surface area (Å²) in [5.74, 6) is -1.55. The zero-order chi connectivity index (χ0) is 18.9. The van der Waals surface area contributed by atoms with Crippen LogP contribution in [0, 0.1) is 6.92 Å². The Morgan fingerprint density at radius 2 is 1.92 bits per heavy atom. The second kappa shape index (κ2) is 6.81. The maximum absolute atomic E-state index is 12.0. The van der Waals surface area contributed by atoms with E-state index in [4.69, 9.17) is 4.74 Å². The lowest BCUT2D eigenvalue weighted by Crippen LogP contribution is -2.39. The van der Waals surface area contributed by atoms with Crippen molar-refractivity contribution >= 4 is 23.5 Å². The molecule has 25 heavy (non-hydrogen) atoms. The highest BCUT2D eigenvalue weighted by Crippen LogP contribution is 2.34. The highest BCUT2D eigenvalue weighted by molar-refractivity contribution is 6.52. The molecule has 2 rings (SSSR count). The van der Waals surface area contributed by atoms with Gasteiger partial charge in [-0.3, -0.25) is 9.59 Å². The van der Waals surface area contributed by atoms with Crippen molar-refractivity contribution in [2.24, 2.45) is 0 Å². The number of anilines is 1. The maximum atomic E-state index is 12.0. The summed E-state index contributed by atoms with van der Waals surface area (Å²) in [6.45, 7) is 6.47. The van der Waals surface area contributed by atoms with Gasteiger partial charge in [0, 0.05) is 6.54 Å². The summed E-state index contributed by atoms with van der Waals surface area (Å²) >= 11 is 0. The van der Waals surface area contributed by atoms with Gasteiger partial charge in [-0.25, -0.2) is 4.79 Å². The first-order valence-electron chi connectivity index (χ1n) is 7.83. The Morgan fingerprint density at radius 3 is 2.52 bits per heavy atom. The van der Waals surface area contributed by atoms with Crippen LogP contribution in [0.1, 0.15) is 48.4 Å². The van der Waals surface area contributed by atoms with Crippen LogP contribution in [0.15, 0.2) is 12.1 Å². The number of benzene rings is 1. The number of carbonyl (C=O) groups excluding carboxylic acids is 3. The van der Waals surface area contributed by atoms with E-state index >= 15 is 0 Å². The van der Waals surface area contributed by atoms with Gasteiger partial charge >= 0.3 is 6.09 Å². The minimum absolute atomic E-state index is 0.0498. The van der Waals surface area contributed by atoms with Crippen molar-refractivity contribution in [1.29, 1.82) is 0 Å². The van der Waals surface area contributed by atoms with E-state index in [1.165, 1.54) is 0 Å². The molecule has 1 heterocycles. The quantitative estimate of drug-likeness (QED) is 0.602. The zero-order valence-corrected chi connectivity index (χ0v) is 14.5. The standard InChI is InChI=1S/C17H22N2O6/c1-8-5-6-9-12(14(22)15(23)19-9)11(8)13(21)10(20)7-18-16(24)25-17(2,3)4/h5-6,10,13,20-21H,7H2,1-4H3,(H,18,24)(H,19,22,23). The molecule has 1 aliphatic heterocycles. The highest BCUT2D eigenvalue weighted by atomic mass is 16.6. The van der Waals surface area contributed by atoms with Crippen molar-refractivity contribution in [2.75, 3.05) is 11.9 Å². The van der Waals surface area contributed by atoms with E-state index in [0.29, 0.717) is 11.3 Å². The van der Waals surface area contributed by atoms with E-state index in [0.717, 1.165) is 0 Å². The van der Waals surface area contributed by atoms with Crippen LogP contribution in [0.25, 0.3) is 0 Å². The fourth-order valence-corrected chi connectivity index (χ4v) is 2.55. The molecule has 8 heteroatoms. The molecule has 0 aromatic heterocycles. The molecule has 1 aromatic rings. The molecule has 2 atom stereocenters. The van der Waals surface area contributed by atoms with E-state index in [1.54, 1.807) is 39.8 Å². The minimum Gasteiger partial charge on any atom is -0.444 e. The van der Waals surface area contributed by atoms with E-state index in [9.17, 15) is 24.6 Å². The third-order valence-corrected chi connectivity index (χ3v) is 3.66. The Hall–Kier alpha value is -2.45. The van der Waals surface area contributed by atoms with E-state index in [-0.39, 0.29) is 17.7 Å². The van der Waals surface area contributed by atoms with E-state index in [1.807, 2.05) is 0 Å². The summed E-state index contributed by atoms with van der Waals surface area (Å²) in [5, 5.41) is 25.4. The number of nitrogens with one attached hydrogen (secondary N) is 2. The second-order valence-electron chi connectivity index (χ2n) is 6.90. The Morgan fingerprint density at radius 1 is 1.28 bits per heavy atom. The van der Waals surface area contributed by atoms with Crippen molar-refractivity contribution in [3.8, 4) is 0 Å². The first kappa shape index (κ1) is 18.9. The molecule has 0 radical (unpaired) electrons. The number of hydrogen-bond acceptors (Lipinski definition) is 6. The number of Topliss-reactive ketones (excluding diaryl/α,β-unsaturated/α-hetero) is 1. The molecule has 0 bridgehead atoms. The number of aliphatic hydroxyl groups is 2. The average molecular weight is 350 g/mol. The van der Waals surface area contributed by atoms with Crippen molar-refractivity contribution in [3.63, 3.8) is 0 Å². The Labute approximate surface area is 145 Å². The van der Waals surface area contributed by atoms with Crippen LogP contribution < -0.4 is 10.6 Å². The zero-order valence-electron chi connectivity index (χ0n) is 14.5. The van der Waals surface area contributed by atoms with Crippen molar-refractivity contribution in [3.05, 3.63) is 28.8 Å². The van der Waals surface area contributed by atoms with Crippen molar-refractivity contribution in [2.45, 2.75) is 45.5 Å². The largest absolute Gasteiger partial charge is 0.444 e. The number of aliphatic hydroxyl groups excluding tert-OH is 2. The molecule has 8 nitrogen and oxygen atoms in total. The van der Waals surface area contributed by atoms with E-state index < -0.39 is 35.6 Å². The number of ether oxygens (including phenoxy) is 1. The molecule has 0 saturated heterocycles. The molecule has 1 aliphatic rings. The van der Waals surface area contributed by atoms with Crippen LogP contribution in [-0.2, 0) is 9.53 Å². The van der Waals surface area contributed by atoms with Crippen LogP contribution in [0.5, 0.6) is 0 Å². The van der Waals surface area contributed by atoms with Gasteiger partial charge in [0.05, 0.1) is 11.3 Å². The van der Waals surface area contributed by atoms with Gasteiger partial charge in [-0.05, 0) is 44.9 Å². The lowest BCUT2D eigenvalue weighted by atomic mass is 9.92. The molecule has 0 aliphatic carbocycles. The maximum Gasteiger partial charge on any atom is 0.407 e. The van der Waals surface area contributed by atoms with Gasteiger partial charge in [-0.15, -0.1) is 0 Å². The fourth-order valence-electron chi connectivity index (χ4n) is 2.55. The number of hydrogen-bond donors (Lipinski definition) is 4. The van der Waals surface area contributed by atoms with Gasteiger partial charge in [-0.1, -0.05) is 6.07 Å². The average Bonchev–Trinajstić information content (AvgIpc) is 2.78. The number of aryl methyl sites for hydroxylation is 1. The molecular weight excluding hydrogens is 328 g/mol. The van der Waals surface area contributed by atoms with Crippen LogP contribution in [0.4, 0.5) is 10.5 Å². The third kappa shape index (κ3) is 4.15. The number of amides is 2. The normalized spacial score (nSPS) is 16.1. The van der Waals surface area contributed by atoms with Crippen molar-refractivity contribution in [1.82, 2.24) is 5.32 Å². The third-order valence-electron chi connectivity index (χ3n) is 3.66. The van der Waals surface area contributed by atoms with E-state index in [2.05, 4.69) is 10.6 Å². The molecule has 136 valence electrons. The van der Waals surface area contributed by atoms with Gasteiger partial charge in [0.25, 0.3) is 11.7 Å². The lowest BCUT2D eigenvalue weighted by Gasteiger charge is -2.23. The Kier molecular flexibility index (Phi) is 5.15. The van der Waals surface area contributed by atoms with Crippen LogP contribution in [0.3, 0.4) is 0 Å². The van der Waals surface area contributed by atoms with Crippen LogP contribution >= 0.6 is 0 Å². The van der Waals surface area contributed by atoms with Gasteiger partial charge in [0.1, 0.15) is 17.8 Å². The summed E-state index contributed by atoms with van der Waals surface area (Å²) in [6.07, 6.45) is -3.58. The monoisotopic (exact) mass is 350 g/mol. The van der Waals surface area contributed by atoms with Crippen molar-refractivity contribution < 1.29 is 29.3 Å². The van der Waals surface area contributed by atoms with Crippen LogP contribution in [0.2, 0.25) is 0 Å². The summed E-state index contributed by atoms with van der Waals surface area (Å²) in [6, 6.07) is 3.19. The molecule has 0 fully saturated rings. The number of carbonyl (C=O) groups is 3. The molecule has 4 N–H and O–H groups in total. The van der Waals surface area contributed by atoms with Gasteiger partial charge < -0.3 is 25.6 Å². The predicted molar refractivity (Wildman–Crippen MR) is 89.3 cm³/mol. The number of alkyl carbamates (subject to hydrolysis) is 1. The Balaban J connectivity index is 2.15. The molecule has 2 amide bonds. The van der Waals surface area contributed by atoms with Gasteiger partial charge in [0.15, 0.2) is 0 Å². The number of fused-ring (bicyclic) bond motifs is 1. The minimum atomic E-state index is -1.46. The molecule has 0 spiro atoms. The molecule has 2 unspecified atom stereocenters. The summed E-state index contributed by atoms with van der Waals surface area (Å²) in [4.78, 5) is 35.2. The Bertz CT molecular complexity index is 723. The fraction of sp³-hybridized carbons (Fsp3) is 0.471. The molecule has 1 aromatic carbocycles. The first-order chi connectivity index (χ1) is 11.5. The lowest BCUT2D eigenvalue weighted by molar-refractivity contribution is -0.112. The topological polar surface area (TPSA) is 125 Å². The summed E-state index contributed by atoms with van der Waals surface area (Å²) in [7, 11) is 0. The van der Waals surface area contributed by atoms with Gasteiger partial charge in [-0.2, -0.15) is 0 Å². The number of rotatable bonds is 4. The number of ketones is 1. The smallest absolute Gasteiger partial charge is 0.407 e. The van der Waals surface area contributed by atoms with Crippen LogP contribution in [-0.4, -0.2) is 46.2 Å². The first-order valence-corrected chi connectivity index (χ1v) is 7.83.